The Morgan fingerprint density at radius 3 is 3.14 bits per heavy atom. The van der Waals surface area contributed by atoms with E-state index in [-0.39, 0.29) is 6.04 Å². The second-order valence-electron chi connectivity index (χ2n) is 2.96. The highest BCUT2D eigenvalue weighted by Gasteiger charge is 2.13. The molecule has 0 aliphatic heterocycles. The fourth-order valence-corrected chi connectivity index (χ4v) is 1.05. The van der Waals surface area contributed by atoms with Gasteiger partial charge in [-0.25, -0.2) is 0 Å². The van der Waals surface area contributed by atoms with Crippen molar-refractivity contribution in [2.45, 2.75) is 19.4 Å². The van der Waals surface area contributed by atoms with Crippen LogP contribution in [0.25, 0.3) is 11.5 Å². The van der Waals surface area contributed by atoms with Crippen LogP contribution < -0.4 is 5.73 Å². The molecule has 0 saturated carbocycles. The fourth-order valence-electron chi connectivity index (χ4n) is 1.05. The van der Waals surface area contributed by atoms with Crippen molar-refractivity contribution in [2.24, 2.45) is 5.73 Å². The summed E-state index contributed by atoms with van der Waals surface area (Å²) in [6.07, 6.45) is 4.09. The Hall–Kier alpha value is -1.69. The van der Waals surface area contributed by atoms with Crippen molar-refractivity contribution < 1.29 is 4.52 Å². The third-order valence-electron chi connectivity index (χ3n) is 1.96. The molecule has 2 rings (SSSR count). The zero-order valence-electron chi connectivity index (χ0n) is 7.77. The summed E-state index contributed by atoms with van der Waals surface area (Å²) in [7, 11) is 0. The lowest BCUT2D eigenvalue weighted by atomic mass is 10.2. The smallest absolute Gasteiger partial charge is 0.261 e. The van der Waals surface area contributed by atoms with E-state index in [1.807, 2.05) is 6.92 Å². The number of hydrogen-bond donors (Lipinski definition) is 2. The van der Waals surface area contributed by atoms with Gasteiger partial charge < -0.3 is 10.3 Å². The van der Waals surface area contributed by atoms with Crippen LogP contribution in [-0.4, -0.2) is 20.3 Å². The first kappa shape index (κ1) is 8.89. The standard InChI is InChI=1S/C8H11N5O/c1-2-6(9)7-12-8(14-13-7)5-3-10-11-4-5/h3-4,6H,2,9H2,1H3,(H,10,11). The van der Waals surface area contributed by atoms with E-state index in [0.29, 0.717) is 11.7 Å². The molecule has 0 aliphatic rings. The van der Waals surface area contributed by atoms with Gasteiger partial charge in [-0.15, -0.1) is 0 Å². The van der Waals surface area contributed by atoms with Crippen LogP contribution in [0.4, 0.5) is 0 Å². The van der Waals surface area contributed by atoms with E-state index >= 15 is 0 Å². The minimum absolute atomic E-state index is 0.167. The molecule has 0 saturated heterocycles. The summed E-state index contributed by atoms with van der Waals surface area (Å²) in [6.45, 7) is 1.97. The van der Waals surface area contributed by atoms with Gasteiger partial charge in [0.1, 0.15) is 0 Å². The van der Waals surface area contributed by atoms with Gasteiger partial charge in [-0.2, -0.15) is 10.1 Å². The molecular formula is C8H11N5O. The molecule has 2 heterocycles. The lowest BCUT2D eigenvalue weighted by Crippen LogP contribution is -2.10. The van der Waals surface area contributed by atoms with Crippen LogP contribution in [-0.2, 0) is 0 Å². The first-order chi connectivity index (χ1) is 6.81. The maximum absolute atomic E-state index is 5.75. The Morgan fingerprint density at radius 1 is 1.64 bits per heavy atom. The van der Waals surface area contributed by atoms with Crippen molar-refractivity contribution in [1.29, 1.82) is 0 Å². The summed E-state index contributed by atoms with van der Waals surface area (Å²) in [5, 5.41) is 10.3. The number of rotatable bonds is 3. The van der Waals surface area contributed by atoms with Crippen LogP contribution in [0.2, 0.25) is 0 Å². The molecule has 6 heteroatoms. The first-order valence-electron chi connectivity index (χ1n) is 4.39. The molecular weight excluding hydrogens is 182 g/mol. The fraction of sp³-hybridized carbons (Fsp3) is 0.375. The summed E-state index contributed by atoms with van der Waals surface area (Å²) in [5.74, 6) is 0.973. The highest BCUT2D eigenvalue weighted by molar-refractivity contribution is 5.48. The first-order valence-corrected chi connectivity index (χ1v) is 4.39. The van der Waals surface area contributed by atoms with E-state index in [4.69, 9.17) is 10.3 Å². The van der Waals surface area contributed by atoms with Gasteiger partial charge in [0.2, 0.25) is 0 Å². The average Bonchev–Trinajstić information content (AvgIpc) is 2.86. The molecule has 0 radical (unpaired) electrons. The Kier molecular flexibility index (Phi) is 2.28. The topological polar surface area (TPSA) is 93.6 Å². The number of nitrogens with two attached hydrogens (primary N) is 1. The largest absolute Gasteiger partial charge is 0.334 e. The monoisotopic (exact) mass is 193 g/mol. The van der Waals surface area contributed by atoms with Crippen LogP contribution in [0, 0.1) is 0 Å². The number of H-pyrrole nitrogens is 1. The molecule has 0 bridgehead atoms. The maximum Gasteiger partial charge on any atom is 0.261 e. The molecule has 0 amide bonds. The molecule has 74 valence electrons. The minimum atomic E-state index is -0.167. The molecule has 2 aromatic rings. The normalized spacial score (nSPS) is 13.0. The van der Waals surface area contributed by atoms with Gasteiger partial charge in [-0.05, 0) is 6.42 Å². The summed E-state index contributed by atoms with van der Waals surface area (Å²) >= 11 is 0. The Bertz CT molecular complexity index is 394. The summed E-state index contributed by atoms with van der Waals surface area (Å²) in [6, 6.07) is -0.167. The summed E-state index contributed by atoms with van der Waals surface area (Å²) in [4.78, 5) is 4.16. The molecule has 0 aliphatic carbocycles. The Morgan fingerprint density at radius 2 is 2.50 bits per heavy atom. The lowest BCUT2D eigenvalue weighted by Gasteiger charge is -1.98. The molecule has 1 atom stereocenters. The van der Waals surface area contributed by atoms with E-state index in [1.54, 1.807) is 12.4 Å². The molecule has 1 unspecified atom stereocenters. The minimum Gasteiger partial charge on any atom is -0.334 e. The van der Waals surface area contributed by atoms with Crippen LogP contribution in [0.3, 0.4) is 0 Å². The van der Waals surface area contributed by atoms with Gasteiger partial charge in [-0.3, -0.25) is 5.10 Å². The lowest BCUT2D eigenvalue weighted by molar-refractivity contribution is 0.415. The average molecular weight is 193 g/mol. The highest BCUT2D eigenvalue weighted by atomic mass is 16.5. The number of hydrogen-bond acceptors (Lipinski definition) is 5. The third-order valence-corrected chi connectivity index (χ3v) is 1.96. The molecule has 3 N–H and O–H groups in total. The number of nitrogens with zero attached hydrogens (tertiary/aromatic N) is 3. The van der Waals surface area contributed by atoms with E-state index in [9.17, 15) is 0 Å². The van der Waals surface area contributed by atoms with Crippen LogP contribution in [0.5, 0.6) is 0 Å². The molecule has 0 spiro atoms. The Balaban J connectivity index is 2.26. The molecule has 0 fully saturated rings. The van der Waals surface area contributed by atoms with Crippen molar-refractivity contribution >= 4 is 0 Å². The summed E-state index contributed by atoms with van der Waals surface area (Å²) in [5.41, 5.74) is 6.52. The van der Waals surface area contributed by atoms with Gasteiger partial charge in [0, 0.05) is 6.20 Å². The van der Waals surface area contributed by atoms with Crippen LogP contribution in [0.15, 0.2) is 16.9 Å². The zero-order chi connectivity index (χ0) is 9.97. The van der Waals surface area contributed by atoms with Gasteiger partial charge in [0.25, 0.3) is 5.89 Å². The van der Waals surface area contributed by atoms with Gasteiger partial charge >= 0.3 is 0 Å². The molecule has 14 heavy (non-hydrogen) atoms. The Labute approximate surface area is 80.5 Å². The highest BCUT2D eigenvalue weighted by Crippen LogP contribution is 2.17. The van der Waals surface area contributed by atoms with Crippen molar-refractivity contribution in [2.75, 3.05) is 0 Å². The van der Waals surface area contributed by atoms with Crippen molar-refractivity contribution in [3.63, 3.8) is 0 Å². The second kappa shape index (κ2) is 3.59. The van der Waals surface area contributed by atoms with Crippen molar-refractivity contribution in [3.8, 4) is 11.5 Å². The molecule has 6 nitrogen and oxygen atoms in total. The third kappa shape index (κ3) is 1.51. The molecule has 0 aromatic carbocycles. The SMILES string of the molecule is CCC(N)c1noc(-c2cn[nH]c2)n1. The van der Waals surface area contributed by atoms with Crippen molar-refractivity contribution in [3.05, 3.63) is 18.2 Å². The zero-order valence-corrected chi connectivity index (χ0v) is 7.77. The van der Waals surface area contributed by atoms with Crippen molar-refractivity contribution in [1.82, 2.24) is 20.3 Å². The van der Waals surface area contributed by atoms with Crippen LogP contribution >= 0.6 is 0 Å². The van der Waals surface area contributed by atoms with Gasteiger partial charge in [0.15, 0.2) is 5.82 Å². The van der Waals surface area contributed by atoms with Gasteiger partial charge in [0.05, 0.1) is 17.8 Å². The van der Waals surface area contributed by atoms with Gasteiger partial charge in [-0.1, -0.05) is 12.1 Å². The van der Waals surface area contributed by atoms with E-state index in [0.717, 1.165) is 12.0 Å². The van der Waals surface area contributed by atoms with E-state index in [2.05, 4.69) is 20.3 Å². The predicted octanol–water partition coefficient (Wildman–Crippen LogP) is 0.870. The second-order valence-corrected chi connectivity index (χ2v) is 2.96. The number of aromatic amines is 1. The number of aromatic nitrogens is 4. The van der Waals surface area contributed by atoms with E-state index in [1.165, 1.54) is 0 Å². The summed E-state index contributed by atoms with van der Waals surface area (Å²) < 4.78 is 5.03. The van der Waals surface area contributed by atoms with Crippen LogP contribution in [0.1, 0.15) is 25.2 Å². The molecule has 2 aromatic heterocycles. The number of nitrogens with one attached hydrogen (secondary N) is 1. The van der Waals surface area contributed by atoms with E-state index < -0.39 is 0 Å². The maximum atomic E-state index is 5.75. The predicted molar refractivity (Wildman–Crippen MR) is 49.1 cm³/mol. The quantitative estimate of drug-likeness (QED) is 0.754.